The third-order valence-electron chi connectivity index (χ3n) is 5.51. The molecule has 1 saturated carbocycles. The molecular weight excluding hydrogens is 336 g/mol. The second kappa shape index (κ2) is 7.14. The molecule has 1 fully saturated rings. The highest BCUT2D eigenvalue weighted by Gasteiger charge is 2.23. The summed E-state index contributed by atoms with van der Waals surface area (Å²) >= 11 is 0. The lowest BCUT2D eigenvalue weighted by Gasteiger charge is -2.21. The molecule has 1 aromatic carbocycles. The molecule has 4 rings (SSSR count). The molecule has 3 aromatic rings. The van der Waals surface area contributed by atoms with E-state index >= 15 is 0 Å². The van der Waals surface area contributed by atoms with Crippen LogP contribution >= 0.6 is 0 Å². The van der Waals surface area contributed by atoms with Crippen molar-refractivity contribution < 1.29 is 4.79 Å². The molecule has 1 aliphatic carbocycles. The summed E-state index contributed by atoms with van der Waals surface area (Å²) in [4.78, 5) is 17.6. The molecule has 5 heteroatoms. The third kappa shape index (κ3) is 3.46. The zero-order valence-electron chi connectivity index (χ0n) is 16.2. The molecule has 0 aliphatic heterocycles. The molecule has 5 nitrogen and oxygen atoms in total. The standard InChI is InChI=1S/C22H26N4O/c1-14-8-7-11-18-15(2)12-19(23-21(14)18)26-20(13-16(3)25-26)24-22(27)17-9-5-4-6-10-17/h7-8,11-13,17H,4-6,9-10H2,1-3H3,(H,24,27). The second-order valence-corrected chi connectivity index (χ2v) is 7.68. The fraction of sp³-hybridized carbons (Fsp3) is 0.409. The van der Waals surface area contributed by atoms with Gasteiger partial charge in [-0.2, -0.15) is 9.78 Å². The molecule has 0 radical (unpaired) electrons. The lowest BCUT2D eigenvalue weighted by Crippen LogP contribution is -2.26. The van der Waals surface area contributed by atoms with Gasteiger partial charge in [0.1, 0.15) is 5.82 Å². The summed E-state index contributed by atoms with van der Waals surface area (Å²) in [5.41, 5.74) is 4.12. The molecule has 27 heavy (non-hydrogen) atoms. The summed E-state index contributed by atoms with van der Waals surface area (Å²) in [6.07, 6.45) is 5.47. The number of amides is 1. The average molecular weight is 362 g/mol. The zero-order chi connectivity index (χ0) is 19.0. The van der Waals surface area contributed by atoms with Crippen LogP contribution in [0, 0.1) is 26.7 Å². The quantitative estimate of drug-likeness (QED) is 0.723. The topological polar surface area (TPSA) is 59.8 Å². The van der Waals surface area contributed by atoms with E-state index in [1.54, 1.807) is 4.68 Å². The molecule has 2 aromatic heterocycles. The number of hydrogen-bond acceptors (Lipinski definition) is 3. The number of hydrogen-bond donors (Lipinski definition) is 1. The average Bonchev–Trinajstić information content (AvgIpc) is 3.03. The van der Waals surface area contributed by atoms with Crippen molar-refractivity contribution in [3.63, 3.8) is 0 Å². The van der Waals surface area contributed by atoms with Gasteiger partial charge in [-0.25, -0.2) is 4.98 Å². The van der Waals surface area contributed by atoms with E-state index in [1.807, 2.05) is 19.1 Å². The van der Waals surface area contributed by atoms with Crippen molar-refractivity contribution in [2.75, 3.05) is 5.32 Å². The van der Waals surface area contributed by atoms with E-state index in [9.17, 15) is 4.79 Å². The van der Waals surface area contributed by atoms with Gasteiger partial charge in [-0.1, -0.05) is 37.5 Å². The maximum Gasteiger partial charge on any atom is 0.228 e. The normalized spacial score (nSPS) is 15.2. The Morgan fingerprint density at radius 2 is 1.85 bits per heavy atom. The molecule has 0 bridgehead atoms. The summed E-state index contributed by atoms with van der Waals surface area (Å²) in [5.74, 6) is 1.64. The minimum absolute atomic E-state index is 0.101. The Hall–Kier alpha value is -2.69. The van der Waals surface area contributed by atoms with Crippen LogP contribution in [0.15, 0.2) is 30.3 Å². The lowest BCUT2D eigenvalue weighted by molar-refractivity contribution is -0.120. The zero-order valence-corrected chi connectivity index (χ0v) is 16.2. The molecule has 0 unspecified atom stereocenters. The lowest BCUT2D eigenvalue weighted by atomic mass is 9.89. The number of benzene rings is 1. The molecule has 0 saturated heterocycles. The SMILES string of the molecule is Cc1cc(NC(=O)C2CCCCC2)n(-c2cc(C)c3cccc(C)c3n2)n1. The highest BCUT2D eigenvalue weighted by atomic mass is 16.2. The van der Waals surface area contributed by atoms with Gasteiger partial charge in [0.25, 0.3) is 0 Å². The monoisotopic (exact) mass is 362 g/mol. The molecule has 1 aliphatic rings. The van der Waals surface area contributed by atoms with Crippen LogP contribution in [-0.2, 0) is 4.79 Å². The van der Waals surface area contributed by atoms with E-state index in [-0.39, 0.29) is 11.8 Å². The first-order valence-electron chi connectivity index (χ1n) is 9.78. The Labute approximate surface area is 159 Å². The fourth-order valence-electron chi connectivity index (χ4n) is 4.01. The number of nitrogens with one attached hydrogen (secondary N) is 1. The smallest absolute Gasteiger partial charge is 0.228 e. The Morgan fingerprint density at radius 1 is 1.07 bits per heavy atom. The number of rotatable bonds is 3. The van der Waals surface area contributed by atoms with Crippen LogP contribution < -0.4 is 5.32 Å². The number of para-hydroxylation sites is 1. The first-order valence-corrected chi connectivity index (χ1v) is 9.78. The highest BCUT2D eigenvalue weighted by Crippen LogP contribution is 2.27. The summed E-state index contributed by atoms with van der Waals surface area (Å²) in [6, 6.07) is 10.2. The maximum atomic E-state index is 12.7. The highest BCUT2D eigenvalue weighted by molar-refractivity contribution is 5.92. The van der Waals surface area contributed by atoms with Crippen molar-refractivity contribution in [1.29, 1.82) is 0 Å². The number of fused-ring (bicyclic) bond motifs is 1. The van der Waals surface area contributed by atoms with E-state index in [0.29, 0.717) is 5.82 Å². The Kier molecular flexibility index (Phi) is 4.68. The molecular formula is C22H26N4O. The van der Waals surface area contributed by atoms with Crippen LogP contribution in [0.25, 0.3) is 16.7 Å². The molecule has 0 atom stereocenters. The van der Waals surface area contributed by atoms with Crippen molar-refractivity contribution >= 4 is 22.6 Å². The molecule has 2 heterocycles. The van der Waals surface area contributed by atoms with Crippen LogP contribution in [0.5, 0.6) is 0 Å². The number of aryl methyl sites for hydroxylation is 3. The number of carbonyl (C=O) groups is 1. The van der Waals surface area contributed by atoms with E-state index in [1.165, 1.54) is 6.42 Å². The van der Waals surface area contributed by atoms with Crippen molar-refractivity contribution in [1.82, 2.24) is 14.8 Å². The van der Waals surface area contributed by atoms with Gasteiger partial charge >= 0.3 is 0 Å². The van der Waals surface area contributed by atoms with Crippen LogP contribution in [0.3, 0.4) is 0 Å². The Bertz CT molecular complexity index is 999. The Balaban J connectivity index is 1.71. The van der Waals surface area contributed by atoms with Crippen molar-refractivity contribution in [3.05, 3.63) is 47.2 Å². The summed E-state index contributed by atoms with van der Waals surface area (Å²) < 4.78 is 1.76. The molecule has 0 spiro atoms. The first-order chi connectivity index (χ1) is 13.0. The van der Waals surface area contributed by atoms with Crippen molar-refractivity contribution in [3.8, 4) is 5.82 Å². The molecule has 140 valence electrons. The van der Waals surface area contributed by atoms with E-state index in [0.717, 1.165) is 59.2 Å². The molecule has 1 N–H and O–H groups in total. The van der Waals surface area contributed by atoms with Gasteiger partial charge < -0.3 is 5.32 Å². The third-order valence-corrected chi connectivity index (χ3v) is 5.51. The van der Waals surface area contributed by atoms with E-state index in [4.69, 9.17) is 4.98 Å². The van der Waals surface area contributed by atoms with Crippen LogP contribution in [0.2, 0.25) is 0 Å². The van der Waals surface area contributed by atoms with Gasteiger partial charge in [-0.05, 0) is 50.8 Å². The number of aromatic nitrogens is 3. The summed E-state index contributed by atoms with van der Waals surface area (Å²) in [7, 11) is 0. The minimum atomic E-state index is 0.101. The second-order valence-electron chi connectivity index (χ2n) is 7.68. The van der Waals surface area contributed by atoms with Gasteiger partial charge in [-0.3, -0.25) is 4.79 Å². The number of anilines is 1. The van der Waals surface area contributed by atoms with Crippen molar-refractivity contribution in [2.45, 2.75) is 52.9 Å². The maximum absolute atomic E-state index is 12.7. The first kappa shape index (κ1) is 17.7. The van der Waals surface area contributed by atoms with E-state index in [2.05, 4.69) is 42.5 Å². The van der Waals surface area contributed by atoms with Crippen LogP contribution in [0.1, 0.15) is 48.9 Å². The predicted molar refractivity (Wildman–Crippen MR) is 108 cm³/mol. The summed E-state index contributed by atoms with van der Waals surface area (Å²) in [5, 5.41) is 8.85. The largest absolute Gasteiger partial charge is 0.310 e. The van der Waals surface area contributed by atoms with Crippen LogP contribution in [0.4, 0.5) is 5.82 Å². The van der Waals surface area contributed by atoms with Gasteiger partial charge in [0.05, 0.1) is 11.2 Å². The minimum Gasteiger partial charge on any atom is -0.310 e. The van der Waals surface area contributed by atoms with Gasteiger partial charge in [-0.15, -0.1) is 0 Å². The number of pyridine rings is 1. The van der Waals surface area contributed by atoms with Crippen molar-refractivity contribution in [2.24, 2.45) is 5.92 Å². The number of carbonyl (C=O) groups excluding carboxylic acids is 1. The molecule has 1 amide bonds. The predicted octanol–water partition coefficient (Wildman–Crippen LogP) is 4.86. The summed E-state index contributed by atoms with van der Waals surface area (Å²) in [6.45, 7) is 6.09. The van der Waals surface area contributed by atoms with Crippen LogP contribution in [-0.4, -0.2) is 20.7 Å². The van der Waals surface area contributed by atoms with Gasteiger partial charge in [0, 0.05) is 17.4 Å². The number of nitrogens with zero attached hydrogens (tertiary/aromatic N) is 3. The van der Waals surface area contributed by atoms with E-state index < -0.39 is 0 Å². The van der Waals surface area contributed by atoms with Gasteiger partial charge in [0.15, 0.2) is 5.82 Å². The van der Waals surface area contributed by atoms with Gasteiger partial charge in [0.2, 0.25) is 5.91 Å². The fourth-order valence-corrected chi connectivity index (χ4v) is 4.01. The Morgan fingerprint density at radius 3 is 2.63 bits per heavy atom.